The van der Waals surface area contributed by atoms with Crippen LogP contribution in [0.15, 0.2) is 88.3 Å². The van der Waals surface area contributed by atoms with E-state index in [-0.39, 0.29) is 10.6 Å². The maximum absolute atomic E-state index is 13.5. The Bertz CT molecular complexity index is 1310. The van der Waals surface area contributed by atoms with Gasteiger partial charge in [-0.25, -0.2) is 9.69 Å². The van der Waals surface area contributed by atoms with Gasteiger partial charge in [-0.2, -0.15) is 0 Å². The fraction of sp³-hybridized carbons (Fsp3) is 0.148. The molecule has 3 aromatic carbocycles. The van der Waals surface area contributed by atoms with Gasteiger partial charge in [0, 0.05) is 15.6 Å². The molecule has 1 aliphatic rings. The van der Waals surface area contributed by atoms with Crippen molar-refractivity contribution in [2.24, 2.45) is 0 Å². The van der Waals surface area contributed by atoms with Crippen LogP contribution in [0.3, 0.4) is 0 Å². The van der Waals surface area contributed by atoms with Gasteiger partial charge in [-0.1, -0.05) is 48.5 Å². The predicted octanol–water partition coefficient (Wildman–Crippen LogP) is 6.20. The Balaban J connectivity index is 1.67. The first-order valence-electron chi connectivity index (χ1n) is 11.1. The number of esters is 1. The summed E-state index contributed by atoms with van der Waals surface area (Å²) >= 11 is 7.30. The minimum absolute atomic E-state index is 0.181. The number of hydrogen-bond donors (Lipinski definition) is 1. The highest BCUT2D eigenvalue weighted by Gasteiger charge is 2.40. The molecule has 1 aliphatic heterocycles. The van der Waals surface area contributed by atoms with Crippen LogP contribution in [0.25, 0.3) is 0 Å². The highest BCUT2D eigenvalue weighted by Crippen LogP contribution is 2.38. The monoisotopic (exact) mass is 506 g/mol. The topological polar surface area (TPSA) is 75.7 Å². The SMILES string of the molecule is CCCOC(=O)c1ccc(N2C(=O)C(Nc3ccc(Cl)cc3C)=C(Sc3ccccc3)C2=O)cc1. The summed E-state index contributed by atoms with van der Waals surface area (Å²) in [5, 5.41) is 3.73. The third-order valence-electron chi connectivity index (χ3n) is 5.25. The smallest absolute Gasteiger partial charge is 0.338 e. The largest absolute Gasteiger partial charge is 0.462 e. The minimum atomic E-state index is -0.482. The number of nitrogens with one attached hydrogen (secondary N) is 1. The number of hydrogen-bond acceptors (Lipinski definition) is 6. The Labute approximate surface area is 212 Å². The Kier molecular flexibility index (Phi) is 7.58. The number of halogens is 1. The van der Waals surface area contributed by atoms with E-state index in [2.05, 4.69) is 5.32 Å². The van der Waals surface area contributed by atoms with Crippen molar-refractivity contribution >= 4 is 52.5 Å². The number of thioether (sulfide) groups is 1. The van der Waals surface area contributed by atoms with Gasteiger partial charge < -0.3 is 10.1 Å². The summed E-state index contributed by atoms with van der Waals surface area (Å²) < 4.78 is 5.15. The van der Waals surface area contributed by atoms with Crippen LogP contribution in [0.4, 0.5) is 11.4 Å². The summed E-state index contributed by atoms with van der Waals surface area (Å²) in [7, 11) is 0. The average molecular weight is 507 g/mol. The maximum atomic E-state index is 13.5. The highest BCUT2D eigenvalue weighted by atomic mass is 35.5. The summed E-state index contributed by atoms with van der Waals surface area (Å²) in [4.78, 5) is 41.4. The van der Waals surface area contributed by atoms with Gasteiger partial charge in [0.15, 0.2) is 0 Å². The number of nitrogens with zero attached hydrogens (tertiary/aromatic N) is 1. The molecule has 2 amide bonds. The Morgan fingerprint density at radius 3 is 2.37 bits per heavy atom. The van der Waals surface area contributed by atoms with Gasteiger partial charge in [0.25, 0.3) is 11.8 Å². The predicted molar refractivity (Wildman–Crippen MR) is 139 cm³/mol. The van der Waals surface area contributed by atoms with E-state index in [0.717, 1.165) is 21.8 Å². The van der Waals surface area contributed by atoms with E-state index in [0.29, 0.717) is 28.6 Å². The van der Waals surface area contributed by atoms with Crippen molar-refractivity contribution in [1.29, 1.82) is 0 Å². The van der Waals surface area contributed by atoms with Crippen molar-refractivity contribution < 1.29 is 19.1 Å². The number of ether oxygens (including phenoxy) is 1. The standard InChI is InChI=1S/C27H23ClN2O4S/c1-3-15-34-27(33)18-9-12-20(13-10-18)30-25(31)23(29-22-14-11-19(28)16-17(22)2)24(26(30)32)35-21-7-5-4-6-8-21/h4-14,16,29H,3,15H2,1-2H3. The van der Waals surface area contributed by atoms with E-state index < -0.39 is 17.8 Å². The maximum Gasteiger partial charge on any atom is 0.338 e. The molecule has 0 spiro atoms. The van der Waals surface area contributed by atoms with Crippen LogP contribution in [0.1, 0.15) is 29.3 Å². The Hall–Kier alpha value is -3.55. The molecule has 0 bridgehead atoms. The first kappa shape index (κ1) is 24.6. The molecule has 0 fully saturated rings. The number of rotatable bonds is 8. The van der Waals surface area contributed by atoms with E-state index in [4.69, 9.17) is 16.3 Å². The summed E-state index contributed by atoms with van der Waals surface area (Å²) in [6, 6.07) is 20.9. The van der Waals surface area contributed by atoms with Gasteiger partial charge in [0.2, 0.25) is 0 Å². The first-order valence-corrected chi connectivity index (χ1v) is 12.2. The van der Waals surface area contributed by atoms with Gasteiger partial charge in [-0.15, -0.1) is 0 Å². The van der Waals surface area contributed by atoms with Crippen molar-refractivity contribution in [3.8, 4) is 0 Å². The molecule has 0 saturated carbocycles. The van der Waals surface area contributed by atoms with Crippen LogP contribution < -0.4 is 10.2 Å². The van der Waals surface area contributed by atoms with E-state index in [1.165, 1.54) is 11.8 Å². The number of anilines is 2. The zero-order valence-electron chi connectivity index (χ0n) is 19.2. The van der Waals surface area contributed by atoms with Crippen LogP contribution in [0.5, 0.6) is 0 Å². The second kappa shape index (κ2) is 10.8. The molecule has 0 unspecified atom stereocenters. The first-order chi connectivity index (χ1) is 16.9. The molecular formula is C27H23ClN2O4S. The third-order valence-corrected chi connectivity index (χ3v) is 6.58. The third kappa shape index (κ3) is 5.42. The van der Waals surface area contributed by atoms with E-state index in [1.807, 2.05) is 44.2 Å². The number of benzene rings is 3. The lowest BCUT2D eigenvalue weighted by Crippen LogP contribution is -2.32. The zero-order valence-corrected chi connectivity index (χ0v) is 20.8. The molecule has 0 aromatic heterocycles. The number of carbonyl (C=O) groups is 3. The molecular weight excluding hydrogens is 484 g/mol. The van der Waals surface area contributed by atoms with E-state index in [1.54, 1.807) is 42.5 Å². The van der Waals surface area contributed by atoms with Gasteiger partial charge in [-0.3, -0.25) is 9.59 Å². The van der Waals surface area contributed by atoms with E-state index >= 15 is 0 Å². The van der Waals surface area contributed by atoms with Crippen LogP contribution in [0.2, 0.25) is 5.02 Å². The second-order valence-electron chi connectivity index (χ2n) is 7.83. The normalized spacial score (nSPS) is 13.4. The lowest BCUT2D eigenvalue weighted by atomic mass is 10.2. The lowest BCUT2D eigenvalue weighted by Gasteiger charge is -2.16. The molecule has 4 rings (SSSR count). The zero-order chi connectivity index (χ0) is 24.9. The second-order valence-corrected chi connectivity index (χ2v) is 9.35. The van der Waals surface area contributed by atoms with Gasteiger partial charge in [0.05, 0.1) is 17.9 Å². The molecule has 1 heterocycles. The molecule has 6 nitrogen and oxygen atoms in total. The molecule has 0 aliphatic carbocycles. The average Bonchev–Trinajstić information content (AvgIpc) is 3.08. The van der Waals surface area contributed by atoms with Crippen LogP contribution in [-0.2, 0) is 14.3 Å². The number of carbonyl (C=O) groups excluding carboxylic acids is 3. The van der Waals surface area contributed by atoms with Crippen molar-refractivity contribution in [2.45, 2.75) is 25.2 Å². The van der Waals surface area contributed by atoms with Gasteiger partial charge in [-0.05, 0) is 73.5 Å². The molecule has 0 atom stereocenters. The van der Waals surface area contributed by atoms with E-state index in [9.17, 15) is 14.4 Å². The number of aryl methyl sites for hydroxylation is 1. The van der Waals surface area contributed by atoms with Gasteiger partial charge >= 0.3 is 5.97 Å². The fourth-order valence-electron chi connectivity index (χ4n) is 3.48. The Morgan fingerprint density at radius 2 is 1.71 bits per heavy atom. The molecule has 3 aromatic rings. The fourth-order valence-corrected chi connectivity index (χ4v) is 4.66. The Morgan fingerprint density at radius 1 is 1.00 bits per heavy atom. The van der Waals surface area contributed by atoms with Crippen molar-refractivity contribution in [3.05, 3.63) is 99.5 Å². The van der Waals surface area contributed by atoms with Gasteiger partial charge in [0.1, 0.15) is 10.6 Å². The molecule has 35 heavy (non-hydrogen) atoms. The van der Waals surface area contributed by atoms with Crippen molar-refractivity contribution in [2.75, 3.05) is 16.8 Å². The number of amides is 2. The van der Waals surface area contributed by atoms with Crippen LogP contribution in [0, 0.1) is 6.92 Å². The quantitative estimate of drug-likeness (QED) is 0.289. The summed E-state index contributed by atoms with van der Waals surface area (Å²) in [5.74, 6) is -1.38. The van der Waals surface area contributed by atoms with Crippen LogP contribution >= 0.6 is 23.4 Å². The summed E-state index contributed by atoms with van der Waals surface area (Å²) in [6.07, 6.45) is 0.719. The number of imide groups is 1. The molecule has 178 valence electrons. The molecule has 0 saturated heterocycles. The highest BCUT2D eigenvalue weighted by molar-refractivity contribution is 8.04. The molecule has 8 heteroatoms. The molecule has 0 radical (unpaired) electrons. The minimum Gasteiger partial charge on any atom is -0.462 e. The van der Waals surface area contributed by atoms with Crippen molar-refractivity contribution in [3.63, 3.8) is 0 Å². The van der Waals surface area contributed by atoms with Crippen molar-refractivity contribution in [1.82, 2.24) is 0 Å². The summed E-state index contributed by atoms with van der Waals surface area (Å²) in [6.45, 7) is 4.11. The lowest BCUT2D eigenvalue weighted by molar-refractivity contribution is -0.120. The summed E-state index contributed by atoms with van der Waals surface area (Å²) in [5.41, 5.74) is 2.40. The van der Waals surface area contributed by atoms with Crippen LogP contribution in [-0.4, -0.2) is 24.4 Å². The molecule has 1 N–H and O–H groups in total.